The Morgan fingerprint density at radius 2 is 0.603 bits per heavy atom. The van der Waals surface area contributed by atoms with E-state index in [2.05, 4.69) is 143 Å². The minimum absolute atomic E-state index is 0.559. The smallest absolute Gasteiger partial charge is 0.238 e. The Labute approximate surface area is 391 Å². The fourth-order valence-electron chi connectivity index (χ4n) is 9.49. The van der Waals surface area contributed by atoms with E-state index in [0.29, 0.717) is 35.1 Å². The lowest BCUT2D eigenvalue weighted by atomic mass is 10.0. The van der Waals surface area contributed by atoms with Crippen molar-refractivity contribution in [2.75, 3.05) is 0 Å². The maximum atomic E-state index is 5.18. The highest BCUT2D eigenvalue weighted by Crippen LogP contribution is 2.42. The molecule has 0 unspecified atom stereocenters. The Morgan fingerprint density at radius 3 is 1.12 bits per heavy atom. The Morgan fingerprint density at radius 1 is 0.235 bits per heavy atom. The molecule has 0 aliphatic heterocycles. The van der Waals surface area contributed by atoms with Gasteiger partial charge in [-0.15, -0.1) is 0 Å². The highest BCUT2D eigenvalue weighted by atomic mass is 15.2. The van der Waals surface area contributed by atoms with Gasteiger partial charge in [0.15, 0.2) is 29.1 Å². The molecule has 0 amide bonds. The summed E-state index contributed by atoms with van der Waals surface area (Å²) in [6, 6.07) is 79.3. The lowest BCUT2D eigenvalue weighted by Gasteiger charge is -2.12. The summed E-state index contributed by atoms with van der Waals surface area (Å²) in [5, 5.41) is 4.56. The molecule has 318 valence electrons. The average molecular weight is 871 g/mol. The molecule has 0 fully saturated rings. The van der Waals surface area contributed by atoms with Crippen molar-refractivity contribution in [2.24, 2.45) is 0 Å². The summed E-state index contributed by atoms with van der Waals surface area (Å²) in [4.78, 5) is 30.6. The van der Waals surface area contributed by atoms with Gasteiger partial charge in [-0.25, -0.2) is 19.9 Å². The maximum Gasteiger partial charge on any atom is 0.238 e. The van der Waals surface area contributed by atoms with Crippen LogP contribution in [0.25, 0.3) is 123 Å². The SMILES string of the molecule is c1ccc(-c2cccc(-c3nc(-c4ccccc4)nc(-c4ccc(-n5c6ccccc6c6c7c8ccccc8n(-c8nc(-c9ccccc9)nc(-c9ccccc9)n8)c7ccc65)cc4)n3)c2)cc1. The molecule has 8 heteroatoms. The summed E-state index contributed by atoms with van der Waals surface area (Å²) in [5.41, 5.74) is 12.1. The molecule has 0 spiro atoms. The molecule has 4 heterocycles. The Bertz CT molecular complexity index is 3940. The number of hydrogen-bond donors (Lipinski definition) is 0. The van der Waals surface area contributed by atoms with Crippen molar-refractivity contribution in [3.63, 3.8) is 0 Å². The van der Waals surface area contributed by atoms with Gasteiger partial charge in [-0.3, -0.25) is 4.57 Å². The fraction of sp³-hybridized carbons (Fsp3) is 0. The third-order valence-electron chi connectivity index (χ3n) is 12.6. The van der Waals surface area contributed by atoms with E-state index in [1.54, 1.807) is 0 Å². The number of nitrogens with zero attached hydrogens (tertiary/aromatic N) is 8. The van der Waals surface area contributed by atoms with Crippen molar-refractivity contribution in [1.82, 2.24) is 39.0 Å². The number of aromatic nitrogens is 8. The minimum atomic E-state index is 0.559. The van der Waals surface area contributed by atoms with E-state index < -0.39 is 0 Å². The second-order valence-electron chi connectivity index (χ2n) is 16.7. The molecule has 0 aliphatic carbocycles. The molecule has 8 nitrogen and oxygen atoms in total. The van der Waals surface area contributed by atoms with Gasteiger partial charge in [0.1, 0.15) is 0 Å². The zero-order valence-corrected chi connectivity index (χ0v) is 36.5. The van der Waals surface area contributed by atoms with Crippen molar-refractivity contribution in [3.05, 3.63) is 231 Å². The van der Waals surface area contributed by atoms with Gasteiger partial charge in [-0.1, -0.05) is 176 Å². The molecule has 0 saturated heterocycles. The summed E-state index contributed by atoms with van der Waals surface area (Å²) in [6.07, 6.45) is 0. The first-order valence-electron chi connectivity index (χ1n) is 22.6. The first-order chi connectivity index (χ1) is 33.7. The molecule has 0 saturated carbocycles. The number of fused-ring (bicyclic) bond motifs is 7. The van der Waals surface area contributed by atoms with Crippen LogP contribution in [0.5, 0.6) is 0 Å². The van der Waals surface area contributed by atoms with Gasteiger partial charge in [0.25, 0.3) is 0 Å². The predicted molar refractivity (Wildman–Crippen MR) is 275 cm³/mol. The van der Waals surface area contributed by atoms with Crippen molar-refractivity contribution in [1.29, 1.82) is 0 Å². The third kappa shape index (κ3) is 6.70. The van der Waals surface area contributed by atoms with Gasteiger partial charge in [0, 0.05) is 55.0 Å². The molecule has 0 bridgehead atoms. The summed E-state index contributed by atoms with van der Waals surface area (Å²) >= 11 is 0. The highest BCUT2D eigenvalue weighted by molar-refractivity contribution is 6.28. The van der Waals surface area contributed by atoms with Gasteiger partial charge in [0.2, 0.25) is 5.95 Å². The molecule has 4 aromatic heterocycles. The Kier molecular flexibility index (Phi) is 9.31. The average Bonchev–Trinajstić information content (AvgIpc) is 3.95. The van der Waals surface area contributed by atoms with E-state index >= 15 is 0 Å². The van der Waals surface area contributed by atoms with Crippen molar-refractivity contribution in [2.45, 2.75) is 0 Å². The second-order valence-corrected chi connectivity index (χ2v) is 16.7. The molecule has 13 aromatic rings. The molecule has 0 aliphatic rings. The summed E-state index contributed by atoms with van der Waals surface area (Å²) in [5.74, 6) is 3.63. The number of benzene rings is 9. The molecule has 9 aromatic carbocycles. The lowest BCUT2D eigenvalue weighted by molar-refractivity contribution is 0.953. The van der Waals surface area contributed by atoms with E-state index in [1.165, 1.54) is 0 Å². The highest BCUT2D eigenvalue weighted by Gasteiger charge is 2.23. The summed E-state index contributed by atoms with van der Waals surface area (Å²) < 4.78 is 4.55. The second kappa shape index (κ2) is 16.2. The predicted octanol–water partition coefficient (Wildman–Crippen LogP) is 14.3. The van der Waals surface area contributed by atoms with E-state index in [9.17, 15) is 0 Å². The van der Waals surface area contributed by atoms with Crippen LogP contribution in [0, 0.1) is 0 Å². The van der Waals surface area contributed by atoms with Crippen LogP contribution in [0.3, 0.4) is 0 Å². The Balaban J connectivity index is 0.967. The van der Waals surface area contributed by atoms with E-state index in [4.69, 9.17) is 29.9 Å². The first-order valence-corrected chi connectivity index (χ1v) is 22.6. The fourth-order valence-corrected chi connectivity index (χ4v) is 9.49. The standard InChI is InChI=1S/C60H38N8/c1-5-18-39(19-6-1)44-26-17-27-45(38-44)59-62-55(40-20-7-2-8-21-40)61-56(63-59)43-32-34-46(35-33-43)67-49-30-15-13-28-47(49)53-51(67)36-37-52-54(53)48-29-14-16-31-50(48)68(52)60-65-57(41-22-9-3-10-23-41)64-58(66-60)42-24-11-4-12-25-42/h1-38H. The summed E-state index contributed by atoms with van der Waals surface area (Å²) in [7, 11) is 0. The normalized spacial score (nSPS) is 11.5. The molecule has 0 N–H and O–H groups in total. The van der Waals surface area contributed by atoms with E-state index in [0.717, 1.165) is 88.2 Å². The van der Waals surface area contributed by atoms with Crippen LogP contribution in [0.15, 0.2) is 231 Å². The van der Waals surface area contributed by atoms with Gasteiger partial charge in [-0.05, 0) is 65.7 Å². The van der Waals surface area contributed by atoms with Crippen LogP contribution >= 0.6 is 0 Å². The van der Waals surface area contributed by atoms with Crippen molar-refractivity contribution >= 4 is 43.6 Å². The van der Waals surface area contributed by atoms with Crippen LogP contribution < -0.4 is 0 Å². The Hall–Kier alpha value is -9.40. The van der Waals surface area contributed by atoms with Gasteiger partial charge < -0.3 is 4.57 Å². The minimum Gasteiger partial charge on any atom is -0.309 e. The van der Waals surface area contributed by atoms with Crippen molar-refractivity contribution in [3.8, 4) is 79.7 Å². The molecule has 13 rings (SSSR count). The topological polar surface area (TPSA) is 87.2 Å². The number of para-hydroxylation sites is 2. The third-order valence-corrected chi connectivity index (χ3v) is 12.6. The number of rotatable bonds is 8. The molecular weight excluding hydrogens is 833 g/mol. The van der Waals surface area contributed by atoms with Gasteiger partial charge >= 0.3 is 0 Å². The van der Waals surface area contributed by atoms with E-state index in [1.807, 2.05) is 97.1 Å². The van der Waals surface area contributed by atoms with Crippen molar-refractivity contribution < 1.29 is 0 Å². The monoisotopic (exact) mass is 870 g/mol. The molecule has 0 radical (unpaired) electrons. The molecule has 0 atom stereocenters. The van der Waals surface area contributed by atoms with Crippen LogP contribution in [0.2, 0.25) is 0 Å². The largest absolute Gasteiger partial charge is 0.309 e. The number of hydrogen-bond acceptors (Lipinski definition) is 6. The van der Waals surface area contributed by atoms with Gasteiger partial charge in [0.05, 0.1) is 22.1 Å². The molecular formula is C60H38N8. The van der Waals surface area contributed by atoms with Crippen LogP contribution in [-0.2, 0) is 0 Å². The van der Waals surface area contributed by atoms with Crippen LogP contribution in [-0.4, -0.2) is 39.0 Å². The quantitative estimate of drug-likeness (QED) is 0.151. The zero-order chi connectivity index (χ0) is 45.0. The first kappa shape index (κ1) is 39.0. The lowest BCUT2D eigenvalue weighted by Crippen LogP contribution is -2.06. The van der Waals surface area contributed by atoms with Gasteiger partial charge in [-0.2, -0.15) is 9.97 Å². The maximum absolute atomic E-state index is 5.18. The van der Waals surface area contributed by atoms with E-state index in [-0.39, 0.29) is 0 Å². The molecule has 68 heavy (non-hydrogen) atoms. The summed E-state index contributed by atoms with van der Waals surface area (Å²) in [6.45, 7) is 0. The zero-order valence-electron chi connectivity index (χ0n) is 36.5. The van der Waals surface area contributed by atoms with Crippen LogP contribution in [0.1, 0.15) is 0 Å². The van der Waals surface area contributed by atoms with Crippen LogP contribution in [0.4, 0.5) is 0 Å².